The summed E-state index contributed by atoms with van der Waals surface area (Å²) in [5.41, 5.74) is 5.17. The van der Waals surface area contributed by atoms with Gasteiger partial charge in [-0.2, -0.15) is 0 Å². The van der Waals surface area contributed by atoms with Crippen LogP contribution in [0.25, 0.3) is 11.1 Å². The van der Waals surface area contributed by atoms with Crippen molar-refractivity contribution in [1.29, 1.82) is 0 Å². The first-order chi connectivity index (χ1) is 10.2. The summed E-state index contributed by atoms with van der Waals surface area (Å²) in [6.45, 7) is 3.27. The number of rotatable bonds is 4. The van der Waals surface area contributed by atoms with Crippen LogP contribution in [0.1, 0.15) is 36.9 Å². The van der Waals surface area contributed by atoms with Crippen LogP contribution in [-0.4, -0.2) is 6.54 Å². The van der Waals surface area contributed by atoms with Crippen LogP contribution < -0.4 is 5.32 Å². The summed E-state index contributed by atoms with van der Waals surface area (Å²) in [6.07, 6.45) is 3.43. The highest BCUT2D eigenvalue weighted by molar-refractivity contribution is 6.36. The minimum Gasteiger partial charge on any atom is -0.310 e. The van der Waals surface area contributed by atoms with Crippen LogP contribution in [0, 0.1) is 0 Å². The van der Waals surface area contributed by atoms with E-state index in [2.05, 4.69) is 30.4 Å². The minimum atomic E-state index is 0.478. The summed E-state index contributed by atoms with van der Waals surface area (Å²) in [7, 11) is 0. The molecule has 0 heterocycles. The Labute approximate surface area is 136 Å². The molecule has 21 heavy (non-hydrogen) atoms. The monoisotopic (exact) mass is 319 g/mol. The highest BCUT2D eigenvalue weighted by atomic mass is 35.5. The van der Waals surface area contributed by atoms with Crippen molar-refractivity contribution in [1.82, 2.24) is 5.32 Å². The predicted molar refractivity (Wildman–Crippen MR) is 91.3 cm³/mol. The van der Waals surface area contributed by atoms with Gasteiger partial charge in [-0.15, -0.1) is 0 Å². The van der Waals surface area contributed by atoms with Crippen molar-refractivity contribution in [3.63, 3.8) is 0 Å². The quantitative estimate of drug-likeness (QED) is 0.768. The van der Waals surface area contributed by atoms with Crippen LogP contribution >= 0.6 is 23.2 Å². The van der Waals surface area contributed by atoms with E-state index in [1.54, 1.807) is 0 Å². The second kappa shape index (κ2) is 6.39. The number of halogens is 2. The molecule has 1 atom stereocenters. The molecule has 3 rings (SSSR count). The molecule has 0 fully saturated rings. The topological polar surface area (TPSA) is 12.0 Å². The molecular formula is C18H19Cl2N. The molecule has 0 bridgehead atoms. The van der Waals surface area contributed by atoms with E-state index in [9.17, 15) is 0 Å². The highest BCUT2D eigenvalue weighted by Crippen LogP contribution is 2.40. The lowest BCUT2D eigenvalue weighted by Gasteiger charge is -2.15. The molecule has 0 radical (unpaired) electrons. The number of fused-ring (bicyclic) bond motifs is 1. The van der Waals surface area contributed by atoms with Gasteiger partial charge in [0.15, 0.2) is 0 Å². The van der Waals surface area contributed by atoms with Crippen molar-refractivity contribution < 1.29 is 0 Å². The molecule has 0 aliphatic heterocycles. The van der Waals surface area contributed by atoms with Gasteiger partial charge in [-0.25, -0.2) is 0 Å². The van der Waals surface area contributed by atoms with Crippen LogP contribution in [-0.2, 0) is 6.42 Å². The number of nitrogens with one attached hydrogen (secondary N) is 1. The molecule has 2 aromatic rings. The maximum Gasteiger partial charge on any atom is 0.0499 e. The van der Waals surface area contributed by atoms with Crippen molar-refractivity contribution in [2.24, 2.45) is 0 Å². The zero-order valence-corrected chi connectivity index (χ0v) is 13.6. The molecule has 0 saturated carbocycles. The molecule has 110 valence electrons. The molecule has 0 amide bonds. The second-order valence-electron chi connectivity index (χ2n) is 5.54. The average Bonchev–Trinajstić information content (AvgIpc) is 2.88. The summed E-state index contributed by atoms with van der Waals surface area (Å²) in [5, 5.41) is 5.04. The van der Waals surface area contributed by atoms with Gasteiger partial charge in [-0.1, -0.05) is 54.4 Å². The molecule has 0 aromatic heterocycles. The summed E-state index contributed by atoms with van der Waals surface area (Å²) < 4.78 is 0. The van der Waals surface area contributed by atoms with Crippen molar-refractivity contribution in [2.75, 3.05) is 6.54 Å². The smallest absolute Gasteiger partial charge is 0.0499 e. The fraction of sp³-hybridized carbons (Fsp3) is 0.333. The van der Waals surface area contributed by atoms with Crippen LogP contribution in [0.2, 0.25) is 10.0 Å². The van der Waals surface area contributed by atoms with Crippen LogP contribution in [0.5, 0.6) is 0 Å². The molecule has 1 N–H and O–H groups in total. The number of hydrogen-bond acceptors (Lipinski definition) is 1. The summed E-state index contributed by atoms with van der Waals surface area (Å²) in [4.78, 5) is 0. The Kier molecular flexibility index (Phi) is 4.54. The van der Waals surface area contributed by atoms with Crippen molar-refractivity contribution in [3.8, 4) is 11.1 Å². The Bertz CT molecular complexity index is 652. The number of hydrogen-bond donors (Lipinski definition) is 1. The fourth-order valence-corrected chi connectivity index (χ4v) is 3.66. The first-order valence-electron chi connectivity index (χ1n) is 7.51. The lowest BCUT2D eigenvalue weighted by Crippen LogP contribution is -2.19. The molecule has 3 heteroatoms. The third-order valence-electron chi connectivity index (χ3n) is 4.13. The molecule has 1 aliphatic carbocycles. The first kappa shape index (κ1) is 14.9. The van der Waals surface area contributed by atoms with Gasteiger partial charge in [0.25, 0.3) is 0 Å². The van der Waals surface area contributed by atoms with Gasteiger partial charge in [-0.05, 0) is 54.6 Å². The molecular weight excluding hydrogens is 301 g/mol. The van der Waals surface area contributed by atoms with Crippen molar-refractivity contribution >= 4 is 23.2 Å². The van der Waals surface area contributed by atoms with E-state index >= 15 is 0 Å². The van der Waals surface area contributed by atoms with E-state index < -0.39 is 0 Å². The lowest BCUT2D eigenvalue weighted by molar-refractivity contribution is 0.529. The van der Waals surface area contributed by atoms with E-state index in [-0.39, 0.29) is 0 Å². The maximum atomic E-state index is 6.39. The predicted octanol–water partition coefficient (Wildman–Crippen LogP) is 5.65. The summed E-state index contributed by atoms with van der Waals surface area (Å²) in [5.74, 6) is 0. The minimum absolute atomic E-state index is 0.478. The summed E-state index contributed by atoms with van der Waals surface area (Å²) >= 11 is 12.4. The normalized spacial score (nSPS) is 17.0. The van der Waals surface area contributed by atoms with Crippen molar-refractivity contribution in [3.05, 3.63) is 57.6 Å². The Morgan fingerprint density at radius 1 is 1.14 bits per heavy atom. The third kappa shape index (κ3) is 2.96. The first-order valence-corrected chi connectivity index (χ1v) is 8.27. The zero-order chi connectivity index (χ0) is 14.8. The highest BCUT2D eigenvalue weighted by Gasteiger charge is 2.24. The van der Waals surface area contributed by atoms with Gasteiger partial charge in [-0.3, -0.25) is 0 Å². The Morgan fingerprint density at radius 2 is 2.00 bits per heavy atom. The van der Waals surface area contributed by atoms with E-state index in [4.69, 9.17) is 23.2 Å². The fourth-order valence-electron chi connectivity index (χ4n) is 3.15. The van der Waals surface area contributed by atoms with Gasteiger partial charge >= 0.3 is 0 Å². The van der Waals surface area contributed by atoms with Gasteiger partial charge in [0.2, 0.25) is 0 Å². The van der Waals surface area contributed by atoms with E-state index in [0.29, 0.717) is 11.1 Å². The second-order valence-corrected chi connectivity index (χ2v) is 6.39. The van der Waals surface area contributed by atoms with Gasteiger partial charge in [0.1, 0.15) is 0 Å². The third-order valence-corrected chi connectivity index (χ3v) is 4.68. The van der Waals surface area contributed by atoms with Crippen molar-refractivity contribution in [2.45, 2.75) is 32.2 Å². The molecule has 0 saturated heterocycles. The van der Waals surface area contributed by atoms with Crippen LogP contribution in [0.3, 0.4) is 0 Å². The Hall–Kier alpha value is -1.02. The SMILES string of the molecule is CCCNC1CCc2c(-c3ccc(Cl)cc3Cl)cccc21. The number of benzene rings is 2. The Balaban J connectivity index is 2.00. The standard InChI is InChI=1S/C18H19Cl2N/c1-2-10-21-18-9-8-14-13(4-3-5-16(14)18)15-7-6-12(19)11-17(15)20/h3-7,11,18,21H,2,8-10H2,1H3. The van der Waals surface area contributed by atoms with E-state index in [1.807, 2.05) is 18.2 Å². The summed E-state index contributed by atoms with van der Waals surface area (Å²) in [6, 6.07) is 12.8. The molecule has 1 aliphatic rings. The average molecular weight is 320 g/mol. The van der Waals surface area contributed by atoms with Crippen LogP contribution in [0.15, 0.2) is 36.4 Å². The zero-order valence-electron chi connectivity index (χ0n) is 12.1. The maximum absolute atomic E-state index is 6.39. The molecule has 0 spiro atoms. The van der Waals surface area contributed by atoms with Gasteiger partial charge in [0, 0.05) is 21.7 Å². The lowest BCUT2D eigenvalue weighted by atomic mass is 9.96. The molecule has 1 nitrogen and oxygen atoms in total. The van der Waals surface area contributed by atoms with E-state index in [0.717, 1.165) is 36.4 Å². The van der Waals surface area contributed by atoms with Gasteiger partial charge < -0.3 is 5.32 Å². The Morgan fingerprint density at radius 3 is 2.76 bits per heavy atom. The largest absolute Gasteiger partial charge is 0.310 e. The molecule has 1 unspecified atom stereocenters. The van der Waals surface area contributed by atoms with Crippen LogP contribution in [0.4, 0.5) is 0 Å². The van der Waals surface area contributed by atoms with E-state index in [1.165, 1.54) is 16.7 Å². The van der Waals surface area contributed by atoms with Gasteiger partial charge in [0.05, 0.1) is 0 Å². The molecule has 2 aromatic carbocycles.